The Bertz CT molecular complexity index is 199. The van der Waals surface area contributed by atoms with Crippen LogP contribution in [0.3, 0.4) is 0 Å². The van der Waals surface area contributed by atoms with Crippen molar-refractivity contribution >= 4 is 6.29 Å². The number of rotatable bonds is 12. The van der Waals surface area contributed by atoms with Crippen LogP contribution in [0.1, 0.15) is 77.6 Å². The zero-order valence-electron chi connectivity index (χ0n) is 11.4. The molecule has 0 aromatic carbocycles. The van der Waals surface area contributed by atoms with Crippen LogP contribution in [0.4, 0.5) is 0 Å². The van der Waals surface area contributed by atoms with Gasteiger partial charge in [0.05, 0.1) is 0 Å². The summed E-state index contributed by atoms with van der Waals surface area (Å²) in [5, 5.41) is 0. The van der Waals surface area contributed by atoms with Gasteiger partial charge in [0.25, 0.3) is 0 Å². The molecule has 0 bridgehead atoms. The Hall–Kier alpha value is -0.790. The Morgan fingerprint density at radius 1 is 0.882 bits per heavy atom. The molecule has 2 heteroatoms. The molecule has 17 heavy (non-hydrogen) atoms. The molecule has 0 radical (unpaired) electrons. The fourth-order valence-corrected chi connectivity index (χ4v) is 1.99. The van der Waals surface area contributed by atoms with Gasteiger partial charge in [-0.1, -0.05) is 64.7 Å². The first-order valence-electron chi connectivity index (χ1n) is 7.21. The lowest BCUT2D eigenvalue weighted by atomic mass is 10.1. The minimum absolute atomic E-state index is 0.722. The summed E-state index contributed by atoms with van der Waals surface area (Å²) >= 11 is 0. The lowest BCUT2D eigenvalue weighted by Gasteiger charge is -2.02. The molecule has 0 spiro atoms. The van der Waals surface area contributed by atoms with E-state index in [-0.39, 0.29) is 0 Å². The van der Waals surface area contributed by atoms with Crippen molar-refractivity contribution in [2.45, 2.75) is 77.6 Å². The predicted molar refractivity (Wildman–Crippen MR) is 74.8 cm³/mol. The average Bonchev–Trinajstić information content (AvgIpc) is 2.32. The van der Waals surface area contributed by atoms with Gasteiger partial charge in [-0.25, -0.2) is 0 Å². The molecule has 0 aliphatic heterocycles. The van der Waals surface area contributed by atoms with Crippen LogP contribution in [-0.2, 0) is 4.79 Å². The first kappa shape index (κ1) is 16.2. The SMILES string of the molecule is CCCCCCCCCCCCC(N)=CC=O. The highest BCUT2D eigenvalue weighted by Gasteiger charge is 1.94. The Morgan fingerprint density at radius 2 is 1.35 bits per heavy atom. The first-order valence-corrected chi connectivity index (χ1v) is 7.21. The maximum absolute atomic E-state index is 10.1. The van der Waals surface area contributed by atoms with E-state index in [1.54, 1.807) is 0 Å². The smallest absolute Gasteiger partial charge is 0.144 e. The van der Waals surface area contributed by atoms with Crippen LogP contribution in [-0.4, -0.2) is 6.29 Å². The largest absolute Gasteiger partial charge is 0.402 e. The molecule has 0 heterocycles. The van der Waals surface area contributed by atoms with Gasteiger partial charge in [0.15, 0.2) is 0 Å². The third-order valence-corrected chi connectivity index (χ3v) is 3.10. The molecule has 0 aromatic heterocycles. The lowest BCUT2D eigenvalue weighted by molar-refractivity contribution is -0.104. The van der Waals surface area contributed by atoms with Crippen LogP contribution in [0.2, 0.25) is 0 Å². The second kappa shape index (κ2) is 13.3. The van der Waals surface area contributed by atoms with E-state index < -0.39 is 0 Å². The normalized spacial score (nSPS) is 11.7. The van der Waals surface area contributed by atoms with Gasteiger partial charge in [0.1, 0.15) is 6.29 Å². The van der Waals surface area contributed by atoms with Crippen molar-refractivity contribution in [2.75, 3.05) is 0 Å². The van der Waals surface area contributed by atoms with E-state index in [1.165, 1.54) is 63.9 Å². The van der Waals surface area contributed by atoms with Crippen molar-refractivity contribution in [2.24, 2.45) is 5.73 Å². The molecule has 0 saturated heterocycles. The van der Waals surface area contributed by atoms with E-state index >= 15 is 0 Å². The van der Waals surface area contributed by atoms with Crippen LogP contribution in [0.15, 0.2) is 11.8 Å². The summed E-state index contributed by atoms with van der Waals surface area (Å²) < 4.78 is 0. The summed E-state index contributed by atoms with van der Waals surface area (Å²) in [6, 6.07) is 0. The van der Waals surface area contributed by atoms with Gasteiger partial charge >= 0.3 is 0 Å². The van der Waals surface area contributed by atoms with Gasteiger partial charge in [-0.3, -0.25) is 4.79 Å². The van der Waals surface area contributed by atoms with Gasteiger partial charge in [-0.05, 0) is 18.9 Å². The number of hydrogen-bond acceptors (Lipinski definition) is 2. The van der Waals surface area contributed by atoms with E-state index in [2.05, 4.69) is 6.92 Å². The van der Waals surface area contributed by atoms with E-state index in [4.69, 9.17) is 5.73 Å². The van der Waals surface area contributed by atoms with Crippen molar-refractivity contribution in [1.29, 1.82) is 0 Å². The van der Waals surface area contributed by atoms with Crippen LogP contribution in [0, 0.1) is 0 Å². The maximum atomic E-state index is 10.1. The fraction of sp³-hybridized carbons (Fsp3) is 0.800. The van der Waals surface area contributed by atoms with E-state index in [0.29, 0.717) is 0 Å². The predicted octanol–water partition coefficient (Wildman–Crippen LogP) is 4.34. The molecule has 0 rings (SSSR count). The number of carbonyl (C=O) groups is 1. The van der Waals surface area contributed by atoms with E-state index in [9.17, 15) is 4.79 Å². The van der Waals surface area contributed by atoms with Gasteiger partial charge in [0, 0.05) is 5.70 Å². The second-order valence-corrected chi connectivity index (χ2v) is 4.81. The molecule has 0 unspecified atom stereocenters. The summed E-state index contributed by atoms with van der Waals surface area (Å²) in [6.07, 6.45) is 16.4. The summed E-state index contributed by atoms with van der Waals surface area (Å²) in [5.41, 5.74) is 6.34. The van der Waals surface area contributed by atoms with Crippen molar-refractivity contribution in [3.8, 4) is 0 Å². The Kier molecular flexibility index (Phi) is 12.7. The Balaban J connectivity index is 3.08. The number of allylic oxidation sites excluding steroid dienone is 2. The summed E-state index contributed by atoms with van der Waals surface area (Å²) in [4.78, 5) is 10.1. The molecule has 0 fully saturated rings. The molecule has 0 aromatic rings. The number of aldehydes is 1. The molecule has 0 aliphatic rings. The van der Waals surface area contributed by atoms with Crippen LogP contribution in [0.25, 0.3) is 0 Å². The van der Waals surface area contributed by atoms with Gasteiger partial charge in [-0.15, -0.1) is 0 Å². The van der Waals surface area contributed by atoms with Gasteiger partial charge < -0.3 is 5.73 Å². The third kappa shape index (κ3) is 13.1. The topological polar surface area (TPSA) is 43.1 Å². The first-order chi connectivity index (χ1) is 8.31. The molecule has 2 N–H and O–H groups in total. The number of unbranched alkanes of at least 4 members (excludes halogenated alkanes) is 9. The highest BCUT2D eigenvalue weighted by molar-refractivity contribution is 5.65. The van der Waals surface area contributed by atoms with Crippen molar-refractivity contribution in [3.05, 3.63) is 11.8 Å². The minimum atomic E-state index is 0.722. The molecule has 0 saturated carbocycles. The maximum Gasteiger partial charge on any atom is 0.144 e. The highest BCUT2D eigenvalue weighted by atomic mass is 16.1. The monoisotopic (exact) mass is 239 g/mol. The van der Waals surface area contributed by atoms with E-state index in [0.717, 1.165) is 24.8 Å². The molecular weight excluding hydrogens is 210 g/mol. The van der Waals surface area contributed by atoms with Crippen molar-refractivity contribution < 1.29 is 4.79 Å². The molecule has 0 aliphatic carbocycles. The Morgan fingerprint density at radius 3 is 1.82 bits per heavy atom. The fourth-order valence-electron chi connectivity index (χ4n) is 1.99. The van der Waals surface area contributed by atoms with Crippen LogP contribution < -0.4 is 5.73 Å². The van der Waals surface area contributed by atoms with Crippen molar-refractivity contribution in [1.82, 2.24) is 0 Å². The third-order valence-electron chi connectivity index (χ3n) is 3.10. The van der Waals surface area contributed by atoms with Crippen LogP contribution >= 0.6 is 0 Å². The average molecular weight is 239 g/mol. The zero-order valence-corrected chi connectivity index (χ0v) is 11.4. The lowest BCUT2D eigenvalue weighted by Crippen LogP contribution is -1.97. The molecule has 2 nitrogen and oxygen atoms in total. The van der Waals surface area contributed by atoms with Crippen molar-refractivity contribution in [3.63, 3.8) is 0 Å². The summed E-state index contributed by atoms with van der Waals surface area (Å²) in [7, 11) is 0. The highest BCUT2D eigenvalue weighted by Crippen LogP contribution is 2.11. The summed E-state index contributed by atoms with van der Waals surface area (Å²) in [6.45, 7) is 2.25. The molecule has 100 valence electrons. The summed E-state index contributed by atoms with van der Waals surface area (Å²) in [5.74, 6) is 0. The van der Waals surface area contributed by atoms with E-state index in [1.807, 2.05) is 0 Å². The second-order valence-electron chi connectivity index (χ2n) is 4.81. The van der Waals surface area contributed by atoms with Gasteiger partial charge in [0.2, 0.25) is 0 Å². The molecular formula is C15H29NO. The number of carbonyl (C=O) groups excluding carboxylic acids is 1. The zero-order chi connectivity index (χ0) is 12.8. The molecule has 0 amide bonds. The van der Waals surface area contributed by atoms with Crippen LogP contribution in [0.5, 0.6) is 0 Å². The Labute approximate surface area is 107 Å². The number of hydrogen-bond donors (Lipinski definition) is 1. The quantitative estimate of drug-likeness (QED) is 0.313. The van der Waals surface area contributed by atoms with Gasteiger partial charge in [-0.2, -0.15) is 0 Å². The number of nitrogens with two attached hydrogens (primary N) is 1. The minimum Gasteiger partial charge on any atom is -0.402 e. The standard InChI is InChI=1S/C15H29NO/c1-2-3-4-5-6-7-8-9-10-11-12-15(16)13-14-17/h13-14H,2-12,16H2,1H3. The molecule has 0 atom stereocenters.